The van der Waals surface area contributed by atoms with E-state index in [2.05, 4.69) is 41.5 Å². The minimum Gasteiger partial charge on any atom is -0.325 e. The minimum absolute atomic E-state index is 0.0117. The molecule has 1 atom stereocenters. The molecule has 0 spiro atoms. The van der Waals surface area contributed by atoms with Crippen LogP contribution in [0.3, 0.4) is 0 Å². The van der Waals surface area contributed by atoms with Crippen molar-refractivity contribution in [1.82, 2.24) is 10.2 Å². The van der Waals surface area contributed by atoms with Crippen LogP contribution in [0.25, 0.3) is 0 Å². The molecule has 0 saturated carbocycles. The number of hydrogen-bond acceptors (Lipinski definition) is 5. The largest absolute Gasteiger partial charge is 0.325 e. The molecule has 1 aromatic carbocycles. The Morgan fingerprint density at radius 2 is 1.95 bits per heavy atom. The molecule has 1 heterocycles. The van der Waals surface area contributed by atoms with Gasteiger partial charge in [0.05, 0.1) is 5.25 Å². The fourth-order valence-corrected chi connectivity index (χ4v) is 3.93. The third kappa shape index (κ3) is 4.55. The van der Waals surface area contributed by atoms with Crippen LogP contribution in [-0.4, -0.2) is 21.4 Å². The summed E-state index contributed by atoms with van der Waals surface area (Å²) >= 11 is 3.00. The van der Waals surface area contributed by atoms with Crippen LogP contribution in [0, 0.1) is 6.92 Å². The first kappa shape index (κ1) is 17.0. The number of hydrogen-bond donors (Lipinski definition) is 1. The van der Waals surface area contributed by atoms with Crippen LogP contribution in [0.15, 0.2) is 28.6 Å². The van der Waals surface area contributed by atoms with Gasteiger partial charge in [0.25, 0.3) is 0 Å². The van der Waals surface area contributed by atoms with Crippen LogP contribution in [0.4, 0.5) is 5.69 Å². The average molecular weight is 335 g/mol. The molecule has 1 amide bonds. The minimum atomic E-state index is -0.155. The summed E-state index contributed by atoms with van der Waals surface area (Å²) in [4.78, 5) is 12.4. The van der Waals surface area contributed by atoms with Crippen molar-refractivity contribution in [2.24, 2.45) is 0 Å². The first-order chi connectivity index (χ1) is 10.5. The molecule has 0 bridgehead atoms. The molecule has 0 saturated heterocycles. The van der Waals surface area contributed by atoms with Crippen molar-refractivity contribution >= 4 is 34.7 Å². The highest BCUT2D eigenvalue weighted by Crippen LogP contribution is 2.29. The van der Waals surface area contributed by atoms with E-state index < -0.39 is 0 Å². The molecule has 1 aromatic heterocycles. The van der Waals surface area contributed by atoms with Gasteiger partial charge in [0, 0.05) is 5.69 Å². The number of aromatic nitrogens is 2. The standard InChI is InChI=1S/C16H21N3OS2/c1-5-14(22-16-19-18-11(4)21-16)15(20)17-13-8-6-12(7-9-13)10(2)3/h6-10,14H,5H2,1-4H3,(H,17,20). The van der Waals surface area contributed by atoms with Gasteiger partial charge in [-0.2, -0.15) is 0 Å². The maximum absolute atomic E-state index is 12.4. The lowest BCUT2D eigenvalue weighted by molar-refractivity contribution is -0.115. The van der Waals surface area contributed by atoms with Gasteiger partial charge >= 0.3 is 0 Å². The molecule has 118 valence electrons. The van der Waals surface area contributed by atoms with Crippen LogP contribution in [0.5, 0.6) is 0 Å². The fourth-order valence-electron chi connectivity index (χ4n) is 1.94. The molecule has 1 N–H and O–H groups in total. The van der Waals surface area contributed by atoms with E-state index in [1.165, 1.54) is 28.7 Å². The number of carbonyl (C=O) groups is 1. The monoisotopic (exact) mass is 335 g/mol. The van der Waals surface area contributed by atoms with E-state index in [0.29, 0.717) is 5.92 Å². The second-order valence-corrected chi connectivity index (χ2v) is 8.00. The second kappa shape index (κ2) is 7.74. The molecule has 0 aliphatic heterocycles. The molecule has 2 aromatic rings. The zero-order valence-corrected chi connectivity index (χ0v) is 14.9. The van der Waals surface area contributed by atoms with E-state index in [4.69, 9.17) is 0 Å². The van der Waals surface area contributed by atoms with Gasteiger partial charge in [0.15, 0.2) is 4.34 Å². The molecular formula is C16H21N3OS2. The average Bonchev–Trinajstić information content (AvgIpc) is 2.90. The fraction of sp³-hybridized carbons (Fsp3) is 0.438. The summed E-state index contributed by atoms with van der Waals surface area (Å²) in [5, 5.41) is 11.8. The van der Waals surface area contributed by atoms with E-state index in [9.17, 15) is 4.79 Å². The van der Waals surface area contributed by atoms with Gasteiger partial charge in [-0.25, -0.2) is 0 Å². The molecular weight excluding hydrogens is 314 g/mol. The Morgan fingerprint density at radius 3 is 2.45 bits per heavy atom. The number of rotatable bonds is 6. The van der Waals surface area contributed by atoms with Crippen LogP contribution < -0.4 is 5.32 Å². The van der Waals surface area contributed by atoms with E-state index in [1.54, 1.807) is 0 Å². The van der Waals surface area contributed by atoms with Crippen molar-refractivity contribution in [1.29, 1.82) is 0 Å². The van der Waals surface area contributed by atoms with E-state index in [0.717, 1.165) is 21.5 Å². The van der Waals surface area contributed by atoms with Crippen molar-refractivity contribution in [2.45, 2.75) is 49.6 Å². The zero-order valence-electron chi connectivity index (χ0n) is 13.3. The number of anilines is 1. The van der Waals surface area contributed by atoms with Gasteiger partial charge in [-0.1, -0.05) is 56.0 Å². The lowest BCUT2D eigenvalue weighted by Gasteiger charge is -2.13. The first-order valence-corrected chi connectivity index (χ1v) is 9.06. The molecule has 1 unspecified atom stereocenters. The summed E-state index contributed by atoms with van der Waals surface area (Å²) in [6.07, 6.45) is 0.749. The number of nitrogens with one attached hydrogen (secondary N) is 1. The molecule has 4 nitrogen and oxygen atoms in total. The number of benzene rings is 1. The summed E-state index contributed by atoms with van der Waals surface area (Å²) in [6, 6.07) is 8.03. The van der Waals surface area contributed by atoms with Crippen LogP contribution in [0.1, 0.15) is 43.7 Å². The lowest BCUT2D eigenvalue weighted by Crippen LogP contribution is -2.24. The number of carbonyl (C=O) groups excluding carboxylic acids is 1. The summed E-state index contributed by atoms with van der Waals surface area (Å²) < 4.78 is 0.842. The van der Waals surface area contributed by atoms with E-state index >= 15 is 0 Å². The topological polar surface area (TPSA) is 54.9 Å². The van der Waals surface area contributed by atoms with Crippen molar-refractivity contribution < 1.29 is 4.79 Å². The molecule has 0 fully saturated rings. The highest BCUT2D eigenvalue weighted by molar-refractivity contribution is 8.02. The first-order valence-electron chi connectivity index (χ1n) is 7.37. The van der Waals surface area contributed by atoms with E-state index in [1.807, 2.05) is 26.0 Å². The van der Waals surface area contributed by atoms with Crippen LogP contribution in [0.2, 0.25) is 0 Å². The van der Waals surface area contributed by atoms with Gasteiger partial charge in [-0.3, -0.25) is 4.79 Å². The van der Waals surface area contributed by atoms with Crippen molar-refractivity contribution in [3.63, 3.8) is 0 Å². The van der Waals surface area contributed by atoms with Crippen molar-refractivity contribution in [3.05, 3.63) is 34.8 Å². The number of thioether (sulfide) groups is 1. The smallest absolute Gasteiger partial charge is 0.237 e. The maximum atomic E-state index is 12.4. The SMILES string of the molecule is CCC(Sc1nnc(C)s1)C(=O)Nc1ccc(C(C)C)cc1. The quantitative estimate of drug-likeness (QED) is 0.791. The molecule has 22 heavy (non-hydrogen) atoms. The van der Waals surface area contributed by atoms with Gasteiger partial charge in [0.1, 0.15) is 5.01 Å². The molecule has 2 rings (SSSR count). The van der Waals surface area contributed by atoms with Gasteiger partial charge in [0.2, 0.25) is 5.91 Å². The summed E-state index contributed by atoms with van der Waals surface area (Å²) in [5.41, 5.74) is 2.10. The van der Waals surface area contributed by atoms with E-state index in [-0.39, 0.29) is 11.2 Å². The van der Waals surface area contributed by atoms with Gasteiger partial charge < -0.3 is 5.32 Å². The van der Waals surface area contributed by atoms with Crippen molar-refractivity contribution in [3.8, 4) is 0 Å². The third-order valence-corrected chi connectivity index (χ3v) is 5.55. The van der Waals surface area contributed by atoms with Gasteiger partial charge in [-0.15, -0.1) is 10.2 Å². The molecule has 0 aliphatic carbocycles. The Balaban J connectivity index is 1.99. The maximum Gasteiger partial charge on any atom is 0.237 e. The number of amides is 1. The zero-order chi connectivity index (χ0) is 16.1. The third-order valence-electron chi connectivity index (χ3n) is 3.26. The van der Waals surface area contributed by atoms with Gasteiger partial charge in [-0.05, 0) is 37.0 Å². The summed E-state index contributed by atoms with van der Waals surface area (Å²) in [5.74, 6) is 0.502. The van der Waals surface area contributed by atoms with Crippen LogP contribution in [-0.2, 0) is 4.79 Å². The Hall–Kier alpha value is -1.40. The normalized spacial score (nSPS) is 12.4. The summed E-state index contributed by atoms with van der Waals surface area (Å²) in [7, 11) is 0. The molecule has 0 radical (unpaired) electrons. The number of nitrogens with zero attached hydrogens (tertiary/aromatic N) is 2. The Labute approximate surface area is 139 Å². The summed E-state index contributed by atoms with van der Waals surface area (Å²) in [6.45, 7) is 8.23. The highest BCUT2D eigenvalue weighted by atomic mass is 32.2. The second-order valence-electron chi connectivity index (χ2n) is 5.37. The Bertz CT molecular complexity index is 623. The number of aryl methyl sites for hydroxylation is 1. The molecule has 0 aliphatic rings. The highest BCUT2D eigenvalue weighted by Gasteiger charge is 2.20. The Kier molecular flexibility index (Phi) is 5.97. The molecule has 6 heteroatoms. The van der Waals surface area contributed by atoms with Crippen molar-refractivity contribution in [2.75, 3.05) is 5.32 Å². The predicted molar refractivity (Wildman–Crippen MR) is 93.7 cm³/mol. The predicted octanol–water partition coefficient (Wildman–Crippen LogP) is 4.48. The lowest BCUT2D eigenvalue weighted by atomic mass is 10.0. The van der Waals surface area contributed by atoms with Crippen LogP contribution >= 0.6 is 23.1 Å². The Morgan fingerprint density at radius 1 is 1.27 bits per heavy atom.